The molecule has 0 spiro atoms. The largest absolute Gasteiger partial charge is 0.313 e. The minimum Gasteiger partial charge on any atom is -0.313 e. The van der Waals surface area contributed by atoms with Gasteiger partial charge in [0, 0.05) is 13.1 Å². The molecule has 8 heteroatoms. The van der Waals surface area contributed by atoms with Crippen LogP contribution in [0.3, 0.4) is 0 Å². The van der Waals surface area contributed by atoms with Gasteiger partial charge in [0.25, 0.3) is 0 Å². The third-order valence-electron chi connectivity index (χ3n) is 2.94. The quantitative estimate of drug-likeness (QED) is 0.654. The van der Waals surface area contributed by atoms with E-state index in [2.05, 4.69) is 10.0 Å². The summed E-state index contributed by atoms with van der Waals surface area (Å²) in [6, 6.07) is 2.36. The van der Waals surface area contributed by atoms with Crippen molar-refractivity contribution in [3.8, 4) is 0 Å². The molecule has 0 amide bonds. The second-order valence-electron chi connectivity index (χ2n) is 4.31. The summed E-state index contributed by atoms with van der Waals surface area (Å²) in [6.45, 7) is 1.71. The van der Waals surface area contributed by atoms with E-state index in [1.165, 1.54) is 12.1 Å². The van der Waals surface area contributed by atoms with Crippen LogP contribution in [0.25, 0.3) is 0 Å². The number of nitrogens with one attached hydrogen (secondary N) is 2. The van der Waals surface area contributed by atoms with Gasteiger partial charge in [-0.1, -0.05) is 34.9 Å². The van der Waals surface area contributed by atoms with E-state index in [0.717, 1.165) is 18.5 Å². The molecule has 1 aliphatic rings. The highest BCUT2D eigenvalue weighted by Crippen LogP contribution is 2.29. The van der Waals surface area contributed by atoms with Crippen molar-refractivity contribution in [2.45, 2.75) is 11.3 Å². The summed E-state index contributed by atoms with van der Waals surface area (Å²) in [5, 5.41) is 2.42. The fraction of sp³-hybridized carbons (Fsp3) is 0.333. The van der Waals surface area contributed by atoms with Crippen molar-refractivity contribution in [2.24, 2.45) is 0 Å². The molecule has 0 saturated carbocycles. The number of hydrogen-bond donors (Lipinski definition) is 2. The zero-order chi connectivity index (χ0) is 14.8. The number of rotatable bonds is 4. The van der Waals surface area contributed by atoms with Crippen LogP contribution in [0.4, 0.5) is 4.39 Å². The average molecular weight is 339 g/mol. The molecule has 20 heavy (non-hydrogen) atoms. The van der Waals surface area contributed by atoms with E-state index >= 15 is 0 Å². The predicted octanol–water partition coefficient (Wildman–Crippen LogP) is 2.33. The van der Waals surface area contributed by atoms with Crippen molar-refractivity contribution < 1.29 is 12.8 Å². The van der Waals surface area contributed by atoms with Crippen molar-refractivity contribution >= 4 is 33.2 Å². The van der Waals surface area contributed by atoms with Crippen LogP contribution in [0, 0.1) is 5.82 Å². The summed E-state index contributed by atoms with van der Waals surface area (Å²) >= 11 is 11.2. The first-order valence-electron chi connectivity index (χ1n) is 5.93. The molecule has 0 unspecified atom stereocenters. The molecular weight excluding hydrogens is 326 g/mol. The van der Waals surface area contributed by atoms with Gasteiger partial charge in [-0.05, 0) is 25.1 Å². The SMILES string of the molecule is O=S(=O)(NCC1=CCNCC1)c1ccc(Cl)c(F)c1Cl. The highest BCUT2D eigenvalue weighted by Gasteiger charge is 2.22. The molecule has 0 saturated heterocycles. The minimum absolute atomic E-state index is 0.185. The van der Waals surface area contributed by atoms with Gasteiger partial charge in [-0.15, -0.1) is 0 Å². The van der Waals surface area contributed by atoms with Crippen LogP contribution in [0.2, 0.25) is 10.0 Å². The number of benzene rings is 1. The summed E-state index contributed by atoms with van der Waals surface area (Å²) < 4.78 is 40.2. The highest BCUT2D eigenvalue weighted by molar-refractivity contribution is 7.89. The summed E-state index contributed by atoms with van der Waals surface area (Å²) in [5.41, 5.74) is 0.984. The van der Waals surface area contributed by atoms with Gasteiger partial charge in [-0.3, -0.25) is 0 Å². The van der Waals surface area contributed by atoms with E-state index in [0.29, 0.717) is 6.54 Å². The number of sulfonamides is 1. The van der Waals surface area contributed by atoms with E-state index in [4.69, 9.17) is 23.2 Å². The first-order chi connectivity index (χ1) is 9.42. The van der Waals surface area contributed by atoms with Crippen LogP contribution < -0.4 is 10.0 Å². The van der Waals surface area contributed by atoms with Gasteiger partial charge in [-0.2, -0.15) is 0 Å². The Morgan fingerprint density at radius 3 is 2.75 bits per heavy atom. The molecule has 2 rings (SSSR count). The molecule has 0 aliphatic carbocycles. The van der Waals surface area contributed by atoms with E-state index < -0.39 is 20.9 Å². The number of hydrogen-bond acceptors (Lipinski definition) is 3. The van der Waals surface area contributed by atoms with Crippen LogP contribution in [0.15, 0.2) is 28.7 Å². The lowest BCUT2D eigenvalue weighted by atomic mass is 10.1. The normalized spacial score (nSPS) is 16.1. The first-order valence-corrected chi connectivity index (χ1v) is 8.17. The van der Waals surface area contributed by atoms with Gasteiger partial charge in [-0.25, -0.2) is 17.5 Å². The van der Waals surface area contributed by atoms with Crippen LogP contribution in [-0.2, 0) is 10.0 Å². The Hall–Kier alpha value is -0.660. The fourth-order valence-corrected chi connectivity index (χ4v) is 3.59. The summed E-state index contributed by atoms with van der Waals surface area (Å²) in [5.74, 6) is -0.933. The zero-order valence-electron chi connectivity index (χ0n) is 10.4. The molecule has 0 aromatic heterocycles. The molecule has 1 aliphatic heterocycles. The lowest BCUT2D eigenvalue weighted by Crippen LogP contribution is -2.30. The topological polar surface area (TPSA) is 58.2 Å². The standard InChI is InChI=1S/C12H13Cl2FN2O2S/c13-9-1-2-10(11(14)12(9)15)20(18,19)17-7-8-3-5-16-6-4-8/h1-3,16-17H,4-7H2. The molecule has 1 heterocycles. The van der Waals surface area contributed by atoms with Gasteiger partial charge in [0.15, 0.2) is 5.82 Å². The fourth-order valence-electron chi connectivity index (χ4n) is 1.81. The van der Waals surface area contributed by atoms with Crippen molar-refractivity contribution in [3.05, 3.63) is 39.6 Å². The Morgan fingerprint density at radius 2 is 2.10 bits per heavy atom. The first kappa shape index (κ1) is 15.7. The zero-order valence-corrected chi connectivity index (χ0v) is 12.7. The summed E-state index contributed by atoms with van der Waals surface area (Å²) in [6.07, 6.45) is 2.70. The lowest BCUT2D eigenvalue weighted by Gasteiger charge is -2.15. The molecule has 0 atom stereocenters. The van der Waals surface area contributed by atoms with E-state index in [1.807, 2.05) is 6.08 Å². The molecule has 1 aromatic rings. The maximum atomic E-state index is 13.5. The molecule has 4 nitrogen and oxygen atoms in total. The minimum atomic E-state index is -3.87. The summed E-state index contributed by atoms with van der Waals surface area (Å²) in [4.78, 5) is -0.310. The Kier molecular flexibility index (Phi) is 5.04. The Morgan fingerprint density at radius 1 is 1.35 bits per heavy atom. The second-order valence-corrected chi connectivity index (χ2v) is 6.84. The Bertz CT molecular complexity index is 647. The van der Waals surface area contributed by atoms with E-state index in [1.54, 1.807) is 0 Å². The lowest BCUT2D eigenvalue weighted by molar-refractivity contribution is 0.578. The number of halogens is 3. The maximum absolute atomic E-state index is 13.5. The average Bonchev–Trinajstić information content (AvgIpc) is 2.44. The molecular formula is C12H13Cl2FN2O2S. The van der Waals surface area contributed by atoms with Gasteiger partial charge in [0.05, 0.1) is 10.0 Å². The molecule has 110 valence electrons. The van der Waals surface area contributed by atoms with Crippen LogP contribution >= 0.6 is 23.2 Å². The predicted molar refractivity (Wildman–Crippen MR) is 77.2 cm³/mol. The van der Waals surface area contributed by atoms with E-state index in [9.17, 15) is 12.8 Å². The van der Waals surface area contributed by atoms with E-state index in [-0.39, 0.29) is 16.5 Å². The smallest absolute Gasteiger partial charge is 0.242 e. The highest BCUT2D eigenvalue weighted by atomic mass is 35.5. The molecule has 1 aromatic carbocycles. The van der Waals surface area contributed by atoms with Crippen LogP contribution in [0.1, 0.15) is 6.42 Å². The van der Waals surface area contributed by atoms with Gasteiger partial charge in [0.2, 0.25) is 10.0 Å². The Balaban J connectivity index is 2.18. The van der Waals surface area contributed by atoms with Crippen LogP contribution in [-0.4, -0.2) is 28.1 Å². The molecule has 0 bridgehead atoms. The third-order valence-corrected chi connectivity index (χ3v) is 5.15. The van der Waals surface area contributed by atoms with Gasteiger partial charge in [0.1, 0.15) is 4.90 Å². The van der Waals surface area contributed by atoms with Crippen LogP contribution in [0.5, 0.6) is 0 Å². The van der Waals surface area contributed by atoms with Crippen molar-refractivity contribution in [2.75, 3.05) is 19.6 Å². The maximum Gasteiger partial charge on any atom is 0.242 e. The van der Waals surface area contributed by atoms with Crippen molar-refractivity contribution in [1.82, 2.24) is 10.0 Å². The Labute approximate surface area is 127 Å². The monoisotopic (exact) mass is 338 g/mol. The van der Waals surface area contributed by atoms with Crippen molar-refractivity contribution in [1.29, 1.82) is 0 Å². The third kappa shape index (κ3) is 3.51. The summed E-state index contributed by atoms with van der Waals surface area (Å²) in [7, 11) is -3.87. The second kappa shape index (κ2) is 6.41. The van der Waals surface area contributed by atoms with Crippen molar-refractivity contribution in [3.63, 3.8) is 0 Å². The molecule has 0 fully saturated rings. The van der Waals surface area contributed by atoms with Gasteiger partial charge < -0.3 is 5.32 Å². The molecule has 0 radical (unpaired) electrons. The van der Waals surface area contributed by atoms with Gasteiger partial charge >= 0.3 is 0 Å². The molecule has 2 N–H and O–H groups in total.